The zero-order valence-electron chi connectivity index (χ0n) is 10.1. The zero-order chi connectivity index (χ0) is 11.3. The van der Waals surface area contributed by atoms with Crippen molar-refractivity contribution in [1.82, 2.24) is 5.01 Å². The molecule has 82 valence electrons. The molecule has 0 N–H and O–H groups in total. The summed E-state index contributed by atoms with van der Waals surface area (Å²) < 4.78 is 0. The van der Waals surface area contributed by atoms with E-state index >= 15 is 0 Å². The largest absolute Gasteiger partial charge is 0.303 e. The van der Waals surface area contributed by atoms with Crippen molar-refractivity contribution in [2.75, 3.05) is 14.1 Å². The van der Waals surface area contributed by atoms with Gasteiger partial charge in [-0.05, 0) is 24.8 Å². The van der Waals surface area contributed by atoms with Crippen LogP contribution in [0.25, 0.3) is 0 Å². The average Bonchev–Trinajstić information content (AvgIpc) is 2.18. The fourth-order valence-electron chi connectivity index (χ4n) is 1.53. The maximum atomic E-state index is 4.42. The van der Waals surface area contributed by atoms with Crippen LogP contribution in [0.4, 0.5) is 0 Å². The highest BCUT2D eigenvalue weighted by molar-refractivity contribution is 5.84. The van der Waals surface area contributed by atoms with Crippen LogP contribution >= 0.6 is 0 Å². The van der Waals surface area contributed by atoms with E-state index in [0.717, 1.165) is 6.42 Å². The van der Waals surface area contributed by atoms with Crippen LogP contribution in [0.15, 0.2) is 35.4 Å². The molecule has 0 radical (unpaired) electrons. The van der Waals surface area contributed by atoms with Crippen LogP contribution in [0, 0.1) is 5.92 Å². The predicted octanol–water partition coefficient (Wildman–Crippen LogP) is 2.80. The van der Waals surface area contributed by atoms with Crippen molar-refractivity contribution >= 4 is 5.71 Å². The second kappa shape index (κ2) is 5.54. The maximum absolute atomic E-state index is 4.42. The Morgan fingerprint density at radius 3 is 2.40 bits per heavy atom. The first-order valence-electron chi connectivity index (χ1n) is 5.36. The van der Waals surface area contributed by atoms with Crippen LogP contribution < -0.4 is 0 Å². The van der Waals surface area contributed by atoms with Crippen LogP contribution in [-0.2, 0) is 6.42 Å². The summed E-state index contributed by atoms with van der Waals surface area (Å²) in [4.78, 5) is 0. The smallest absolute Gasteiger partial charge is 0.0381 e. The zero-order valence-corrected chi connectivity index (χ0v) is 10.1. The first-order chi connectivity index (χ1) is 7.09. The van der Waals surface area contributed by atoms with Gasteiger partial charge in [-0.15, -0.1) is 0 Å². The molecule has 15 heavy (non-hydrogen) atoms. The van der Waals surface area contributed by atoms with Gasteiger partial charge in [0.05, 0.1) is 0 Å². The first kappa shape index (κ1) is 11.8. The lowest BCUT2D eigenvalue weighted by atomic mass is 9.97. The molecule has 0 aromatic heterocycles. The van der Waals surface area contributed by atoms with Gasteiger partial charge in [-0.1, -0.05) is 37.3 Å². The quantitative estimate of drug-likeness (QED) is 0.544. The van der Waals surface area contributed by atoms with Gasteiger partial charge in [0.2, 0.25) is 0 Å². The lowest BCUT2D eigenvalue weighted by molar-refractivity contribution is 0.432. The number of hydrogen-bond acceptors (Lipinski definition) is 2. The van der Waals surface area contributed by atoms with Crippen LogP contribution in [-0.4, -0.2) is 24.8 Å². The van der Waals surface area contributed by atoms with Gasteiger partial charge in [-0.25, -0.2) is 0 Å². The van der Waals surface area contributed by atoms with Gasteiger partial charge in [0.25, 0.3) is 0 Å². The van der Waals surface area contributed by atoms with Crippen molar-refractivity contribution in [1.29, 1.82) is 0 Å². The summed E-state index contributed by atoms with van der Waals surface area (Å²) in [6, 6.07) is 10.6. The van der Waals surface area contributed by atoms with Gasteiger partial charge in [-0.2, -0.15) is 5.10 Å². The molecule has 0 unspecified atom stereocenters. The third kappa shape index (κ3) is 4.15. The molecular weight excluding hydrogens is 184 g/mol. The molecule has 0 aliphatic carbocycles. The highest BCUT2D eigenvalue weighted by atomic mass is 15.4. The molecule has 1 aromatic rings. The van der Waals surface area contributed by atoms with Crippen LogP contribution in [0.3, 0.4) is 0 Å². The second-order valence-corrected chi connectivity index (χ2v) is 4.18. The van der Waals surface area contributed by atoms with E-state index < -0.39 is 0 Å². The van der Waals surface area contributed by atoms with Crippen molar-refractivity contribution in [2.24, 2.45) is 11.0 Å². The van der Waals surface area contributed by atoms with Crippen molar-refractivity contribution < 1.29 is 0 Å². The standard InChI is InChI=1S/C13H20N2/c1-11(12(2)14-15(3)4)10-13-8-6-5-7-9-13/h5-9,11H,10H2,1-4H3/b14-12+/t11-/m1/s1. The Morgan fingerprint density at radius 1 is 1.27 bits per heavy atom. The molecule has 2 heteroatoms. The van der Waals surface area contributed by atoms with Crippen molar-refractivity contribution in [2.45, 2.75) is 20.3 Å². The molecule has 2 nitrogen and oxygen atoms in total. The summed E-state index contributed by atoms with van der Waals surface area (Å²) in [5, 5.41) is 6.28. The molecule has 0 saturated heterocycles. The molecule has 0 heterocycles. The van der Waals surface area contributed by atoms with Crippen LogP contribution in [0.1, 0.15) is 19.4 Å². The van der Waals surface area contributed by atoms with E-state index in [-0.39, 0.29) is 0 Å². The fourth-order valence-corrected chi connectivity index (χ4v) is 1.53. The average molecular weight is 204 g/mol. The third-order valence-corrected chi connectivity index (χ3v) is 2.46. The Bertz CT molecular complexity index is 315. The number of benzene rings is 1. The summed E-state index contributed by atoms with van der Waals surface area (Å²) in [6.45, 7) is 4.31. The summed E-state index contributed by atoms with van der Waals surface area (Å²) in [5.74, 6) is 0.495. The third-order valence-electron chi connectivity index (χ3n) is 2.46. The SMILES string of the molecule is C/C(=N\N(C)C)[C@H](C)Cc1ccccc1. The van der Waals surface area contributed by atoms with Crippen LogP contribution in [0.5, 0.6) is 0 Å². The van der Waals surface area contributed by atoms with E-state index in [2.05, 4.69) is 49.3 Å². The van der Waals surface area contributed by atoms with E-state index in [1.807, 2.05) is 19.1 Å². The first-order valence-corrected chi connectivity index (χ1v) is 5.36. The summed E-state index contributed by atoms with van der Waals surface area (Å²) >= 11 is 0. The molecule has 1 aromatic carbocycles. The van der Waals surface area contributed by atoms with Crippen molar-refractivity contribution in [3.05, 3.63) is 35.9 Å². The molecule has 1 rings (SSSR count). The Morgan fingerprint density at radius 2 is 1.87 bits per heavy atom. The fraction of sp³-hybridized carbons (Fsp3) is 0.462. The minimum Gasteiger partial charge on any atom is -0.303 e. The van der Waals surface area contributed by atoms with Crippen molar-refractivity contribution in [3.63, 3.8) is 0 Å². The molecule has 0 spiro atoms. The van der Waals surface area contributed by atoms with Gasteiger partial charge < -0.3 is 5.01 Å². The minimum atomic E-state index is 0.495. The normalized spacial score (nSPS) is 13.7. The molecule has 0 aliphatic rings. The highest BCUT2D eigenvalue weighted by Gasteiger charge is 2.07. The van der Waals surface area contributed by atoms with E-state index in [1.165, 1.54) is 11.3 Å². The Kier molecular flexibility index (Phi) is 4.35. The summed E-state index contributed by atoms with van der Waals surface area (Å²) in [7, 11) is 3.91. The molecule has 0 bridgehead atoms. The van der Waals surface area contributed by atoms with Crippen LogP contribution in [0.2, 0.25) is 0 Å². The van der Waals surface area contributed by atoms with E-state index in [0.29, 0.717) is 5.92 Å². The lowest BCUT2D eigenvalue weighted by Crippen LogP contribution is -2.15. The van der Waals surface area contributed by atoms with Gasteiger partial charge in [0.1, 0.15) is 0 Å². The monoisotopic (exact) mass is 204 g/mol. The Labute approximate surface area is 92.6 Å². The molecule has 0 aliphatic heterocycles. The summed E-state index contributed by atoms with van der Waals surface area (Å²) in [5.41, 5.74) is 2.56. The van der Waals surface area contributed by atoms with Gasteiger partial charge in [0.15, 0.2) is 0 Å². The Balaban J connectivity index is 2.60. The van der Waals surface area contributed by atoms with E-state index in [9.17, 15) is 0 Å². The Hall–Kier alpha value is -1.31. The topological polar surface area (TPSA) is 15.6 Å². The maximum Gasteiger partial charge on any atom is 0.0381 e. The highest BCUT2D eigenvalue weighted by Crippen LogP contribution is 2.10. The number of rotatable bonds is 4. The second-order valence-electron chi connectivity index (χ2n) is 4.18. The molecule has 0 saturated carbocycles. The van der Waals surface area contributed by atoms with Crippen molar-refractivity contribution in [3.8, 4) is 0 Å². The van der Waals surface area contributed by atoms with Gasteiger partial charge in [-0.3, -0.25) is 0 Å². The molecular formula is C13H20N2. The van der Waals surface area contributed by atoms with E-state index in [1.54, 1.807) is 0 Å². The molecule has 1 atom stereocenters. The number of hydrogen-bond donors (Lipinski definition) is 0. The van der Waals surface area contributed by atoms with E-state index in [4.69, 9.17) is 0 Å². The number of nitrogens with zero attached hydrogens (tertiary/aromatic N) is 2. The van der Waals surface area contributed by atoms with Gasteiger partial charge >= 0.3 is 0 Å². The minimum absolute atomic E-state index is 0.495. The summed E-state index contributed by atoms with van der Waals surface area (Å²) in [6.07, 6.45) is 1.06. The predicted molar refractivity (Wildman–Crippen MR) is 66.1 cm³/mol. The van der Waals surface area contributed by atoms with Gasteiger partial charge in [0, 0.05) is 19.8 Å². The number of hydrazone groups is 1. The molecule has 0 amide bonds. The molecule has 0 fully saturated rings. The lowest BCUT2D eigenvalue weighted by Gasteiger charge is -2.14.